The van der Waals surface area contributed by atoms with Crippen molar-refractivity contribution in [3.05, 3.63) is 12.2 Å². The molecular formula is C20H31NO2. The Morgan fingerprint density at radius 1 is 1.22 bits per heavy atom. The second kappa shape index (κ2) is 4.84. The highest BCUT2D eigenvalue weighted by atomic mass is 16.3. The van der Waals surface area contributed by atoms with Crippen LogP contribution in [0.2, 0.25) is 0 Å². The van der Waals surface area contributed by atoms with Gasteiger partial charge in [0.25, 0.3) is 0 Å². The molecule has 0 saturated heterocycles. The Morgan fingerprint density at radius 2 is 1.96 bits per heavy atom. The summed E-state index contributed by atoms with van der Waals surface area (Å²) >= 11 is 0. The highest BCUT2D eigenvalue weighted by Gasteiger charge is 2.61. The standard InChI is InChI=1S/C20H31NO2/c1-12-11-13-14-5-6-16(22)19(14,2)9-7-15(13)20(3)10-8-17(23)21(4)18(12)20/h8,10,12-16,18,22H,5-7,9,11H2,1-4H3/t12?,13-,14-,15+,16?,18?,19-,20+/m0/s1. The van der Waals surface area contributed by atoms with Crippen LogP contribution in [0.15, 0.2) is 12.2 Å². The van der Waals surface area contributed by atoms with Crippen LogP contribution < -0.4 is 0 Å². The lowest BCUT2D eigenvalue weighted by Crippen LogP contribution is -2.62. The molecule has 0 spiro atoms. The zero-order valence-corrected chi connectivity index (χ0v) is 15.0. The van der Waals surface area contributed by atoms with E-state index in [9.17, 15) is 9.90 Å². The fourth-order valence-electron chi connectivity index (χ4n) is 7.28. The third-order valence-corrected chi connectivity index (χ3v) is 8.36. The average Bonchev–Trinajstić information content (AvgIpc) is 2.79. The smallest absolute Gasteiger partial charge is 0.246 e. The first kappa shape index (κ1) is 15.7. The summed E-state index contributed by atoms with van der Waals surface area (Å²) in [4.78, 5) is 14.2. The van der Waals surface area contributed by atoms with Gasteiger partial charge in [0.15, 0.2) is 0 Å². The zero-order valence-electron chi connectivity index (χ0n) is 15.0. The van der Waals surface area contributed by atoms with Crippen molar-refractivity contribution in [2.24, 2.45) is 34.5 Å². The minimum atomic E-state index is -0.111. The summed E-state index contributed by atoms with van der Waals surface area (Å²) in [6.07, 6.45) is 9.65. The number of hydrogen-bond donors (Lipinski definition) is 1. The normalized spacial score (nSPS) is 55.3. The summed E-state index contributed by atoms with van der Waals surface area (Å²) in [5.74, 6) is 2.70. The summed E-state index contributed by atoms with van der Waals surface area (Å²) < 4.78 is 0. The quantitative estimate of drug-likeness (QED) is 0.745. The van der Waals surface area contributed by atoms with Gasteiger partial charge in [-0.15, -0.1) is 0 Å². The van der Waals surface area contributed by atoms with Gasteiger partial charge >= 0.3 is 0 Å². The van der Waals surface area contributed by atoms with E-state index in [1.807, 2.05) is 18.0 Å². The third-order valence-electron chi connectivity index (χ3n) is 8.36. The van der Waals surface area contributed by atoms with Gasteiger partial charge in [-0.25, -0.2) is 0 Å². The highest BCUT2D eigenvalue weighted by molar-refractivity contribution is 5.89. The Kier molecular flexibility index (Phi) is 3.30. The van der Waals surface area contributed by atoms with Gasteiger partial charge in [0.1, 0.15) is 0 Å². The molecule has 1 N–H and O–H groups in total. The van der Waals surface area contributed by atoms with Gasteiger partial charge in [-0.3, -0.25) is 4.79 Å². The maximum atomic E-state index is 12.2. The number of carbonyl (C=O) groups is 1. The molecule has 0 aromatic heterocycles. The summed E-state index contributed by atoms with van der Waals surface area (Å²) in [7, 11) is 1.98. The molecule has 0 radical (unpaired) electrons. The molecule has 3 heteroatoms. The number of likely N-dealkylation sites (N-methyl/N-ethyl adjacent to an activating group) is 1. The molecule has 3 fully saturated rings. The van der Waals surface area contributed by atoms with Gasteiger partial charge < -0.3 is 10.0 Å². The molecule has 1 heterocycles. The average molecular weight is 317 g/mol. The molecule has 4 rings (SSSR count). The van der Waals surface area contributed by atoms with E-state index in [0.717, 1.165) is 12.8 Å². The molecule has 0 bridgehead atoms. The minimum absolute atomic E-state index is 0.0971. The van der Waals surface area contributed by atoms with Crippen LogP contribution in [-0.4, -0.2) is 35.1 Å². The number of rotatable bonds is 0. The van der Waals surface area contributed by atoms with Crippen LogP contribution in [-0.2, 0) is 4.79 Å². The first-order valence-electron chi connectivity index (χ1n) is 9.43. The maximum absolute atomic E-state index is 12.2. The monoisotopic (exact) mass is 317 g/mol. The van der Waals surface area contributed by atoms with Crippen LogP contribution in [0.4, 0.5) is 0 Å². The van der Waals surface area contributed by atoms with Crippen molar-refractivity contribution in [3.63, 3.8) is 0 Å². The van der Waals surface area contributed by atoms with Gasteiger partial charge in [-0.1, -0.05) is 26.8 Å². The van der Waals surface area contributed by atoms with Crippen molar-refractivity contribution in [2.45, 2.75) is 65.0 Å². The van der Waals surface area contributed by atoms with E-state index in [0.29, 0.717) is 29.7 Å². The molecule has 1 aliphatic heterocycles. The maximum Gasteiger partial charge on any atom is 0.246 e. The van der Waals surface area contributed by atoms with E-state index >= 15 is 0 Å². The molecule has 4 aliphatic rings. The van der Waals surface area contributed by atoms with Crippen LogP contribution in [0.1, 0.15) is 52.9 Å². The van der Waals surface area contributed by atoms with Crippen molar-refractivity contribution in [2.75, 3.05) is 7.05 Å². The van der Waals surface area contributed by atoms with Crippen LogP contribution in [0, 0.1) is 34.5 Å². The molecule has 0 aromatic carbocycles. The predicted octanol–water partition coefficient (Wildman–Crippen LogP) is 3.23. The summed E-state index contributed by atoms with van der Waals surface area (Å²) in [6, 6.07) is 0.330. The molecule has 3 unspecified atom stereocenters. The van der Waals surface area contributed by atoms with Gasteiger partial charge in [0.05, 0.1) is 6.10 Å². The number of hydrogen-bond acceptors (Lipinski definition) is 2. The molecule has 23 heavy (non-hydrogen) atoms. The summed E-state index contributed by atoms with van der Waals surface area (Å²) in [5, 5.41) is 10.5. The third kappa shape index (κ3) is 1.89. The Hall–Kier alpha value is -0.830. The number of fused-ring (bicyclic) bond motifs is 5. The molecule has 3 nitrogen and oxygen atoms in total. The van der Waals surface area contributed by atoms with E-state index in [2.05, 4.69) is 26.8 Å². The number of aliphatic hydroxyl groups excluding tert-OH is 1. The molecule has 8 atom stereocenters. The Balaban J connectivity index is 1.74. The molecule has 3 aliphatic carbocycles. The fraction of sp³-hybridized carbons (Fsp3) is 0.850. The van der Waals surface area contributed by atoms with Crippen molar-refractivity contribution in [1.29, 1.82) is 0 Å². The SMILES string of the molecule is CC1C[C@@H]2[C@@H](CC[C@]3(C)C(O)CC[C@@H]23)[C@@]2(C)C=CC(=O)N(C)C12. The second-order valence-corrected chi connectivity index (χ2v) is 9.32. The minimum Gasteiger partial charge on any atom is -0.393 e. The Morgan fingerprint density at radius 3 is 2.70 bits per heavy atom. The van der Waals surface area contributed by atoms with Crippen LogP contribution in [0.25, 0.3) is 0 Å². The lowest BCUT2D eigenvalue weighted by molar-refractivity contribution is -0.146. The van der Waals surface area contributed by atoms with Crippen LogP contribution in [0.3, 0.4) is 0 Å². The summed E-state index contributed by atoms with van der Waals surface area (Å²) in [5.41, 5.74) is 0.226. The van der Waals surface area contributed by atoms with E-state index < -0.39 is 0 Å². The number of amides is 1. The first-order chi connectivity index (χ1) is 10.8. The van der Waals surface area contributed by atoms with Crippen molar-refractivity contribution in [3.8, 4) is 0 Å². The van der Waals surface area contributed by atoms with Gasteiger partial charge in [-0.2, -0.15) is 0 Å². The summed E-state index contributed by atoms with van der Waals surface area (Å²) in [6.45, 7) is 7.05. The van der Waals surface area contributed by atoms with E-state index in [1.165, 1.54) is 19.3 Å². The van der Waals surface area contributed by atoms with Crippen LogP contribution >= 0.6 is 0 Å². The lowest BCUT2D eigenvalue weighted by Gasteiger charge is -2.61. The molecule has 3 saturated carbocycles. The van der Waals surface area contributed by atoms with Crippen molar-refractivity contribution in [1.82, 2.24) is 4.90 Å². The molecule has 1 amide bonds. The number of carbonyl (C=O) groups excluding carboxylic acids is 1. The fourth-order valence-corrected chi connectivity index (χ4v) is 7.28. The Labute approximate surface area is 140 Å². The molecular weight excluding hydrogens is 286 g/mol. The van der Waals surface area contributed by atoms with Gasteiger partial charge in [-0.05, 0) is 67.3 Å². The van der Waals surface area contributed by atoms with Crippen molar-refractivity contribution >= 4 is 5.91 Å². The first-order valence-corrected chi connectivity index (χ1v) is 9.43. The van der Waals surface area contributed by atoms with E-state index in [4.69, 9.17) is 0 Å². The zero-order chi connectivity index (χ0) is 16.6. The van der Waals surface area contributed by atoms with E-state index in [-0.39, 0.29) is 22.8 Å². The molecule has 128 valence electrons. The van der Waals surface area contributed by atoms with Gasteiger partial charge in [0, 0.05) is 18.5 Å². The topological polar surface area (TPSA) is 40.5 Å². The second-order valence-electron chi connectivity index (χ2n) is 9.32. The number of nitrogens with zero attached hydrogens (tertiary/aromatic N) is 1. The van der Waals surface area contributed by atoms with E-state index in [1.54, 1.807) is 0 Å². The van der Waals surface area contributed by atoms with Crippen LogP contribution in [0.5, 0.6) is 0 Å². The highest BCUT2D eigenvalue weighted by Crippen LogP contribution is 2.64. The molecule has 0 aromatic rings. The van der Waals surface area contributed by atoms with Crippen molar-refractivity contribution < 1.29 is 9.90 Å². The number of aliphatic hydroxyl groups is 1. The lowest BCUT2D eigenvalue weighted by atomic mass is 9.46. The Bertz CT molecular complexity index is 558. The predicted molar refractivity (Wildman–Crippen MR) is 90.6 cm³/mol. The largest absolute Gasteiger partial charge is 0.393 e. The van der Waals surface area contributed by atoms with Gasteiger partial charge in [0.2, 0.25) is 5.91 Å².